The zero-order chi connectivity index (χ0) is 18.8. The SMILES string of the molecule is O=C(Cn1nc(-c2nnc(-c3cncc(Cl)c3)s2)ccc1=O)NC1CCC1. The Labute approximate surface area is 163 Å². The minimum Gasteiger partial charge on any atom is -0.352 e. The molecule has 0 aliphatic heterocycles. The normalized spacial score (nSPS) is 14.0. The number of aromatic nitrogens is 5. The second-order valence-corrected chi connectivity index (χ2v) is 7.63. The van der Waals surface area contributed by atoms with E-state index in [2.05, 4.69) is 25.6 Å². The van der Waals surface area contributed by atoms with Gasteiger partial charge in [-0.15, -0.1) is 10.2 Å². The van der Waals surface area contributed by atoms with Crippen LogP contribution in [0.5, 0.6) is 0 Å². The molecular weight excluding hydrogens is 388 g/mol. The van der Waals surface area contributed by atoms with Crippen LogP contribution in [0.1, 0.15) is 19.3 Å². The van der Waals surface area contributed by atoms with Gasteiger partial charge in [-0.25, -0.2) is 4.68 Å². The molecule has 3 heterocycles. The molecule has 0 saturated heterocycles. The van der Waals surface area contributed by atoms with Crippen LogP contribution in [0, 0.1) is 0 Å². The molecule has 1 N–H and O–H groups in total. The minimum atomic E-state index is -0.341. The van der Waals surface area contributed by atoms with Crippen molar-refractivity contribution in [3.8, 4) is 21.3 Å². The van der Waals surface area contributed by atoms with Gasteiger partial charge in [0.2, 0.25) is 5.91 Å². The van der Waals surface area contributed by atoms with Gasteiger partial charge in [-0.2, -0.15) is 5.10 Å². The van der Waals surface area contributed by atoms with Gasteiger partial charge in [0, 0.05) is 30.1 Å². The molecule has 3 aromatic heterocycles. The molecule has 8 nitrogen and oxygen atoms in total. The highest BCUT2D eigenvalue weighted by Gasteiger charge is 2.20. The predicted octanol–water partition coefficient (Wildman–Crippen LogP) is 2.15. The highest BCUT2D eigenvalue weighted by Crippen LogP contribution is 2.29. The summed E-state index contributed by atoms with van der Waals surface area (Å²) in [6, 6.07) is 4.91. The molecule has 0 aromatic carbocycles. The first kappa shape index (κ1) is 17.7. The number of amides is 1. The Morgan fingerprint density at radius 2 is 2.07 bits per heavy atom. The minimum absolute atomic E-state index is 0.118. The molecule has 1 aliphatic rings. The van der Waals surface area contributed by atoms with Crippen molar-refractivity contribution in [2.75, 3.05) is 0 Å². The van der Waals surface area contributed by atoms with Crippen LogP contribution in [-0.4, -0.2) is 36.9 Å². The zero-order valence-electron chi connectivity index (χ0n) is 14.1. The highest BCUT2D eigenvalue weighted by molar-refractivity contribution is 7.17. The lowest BCUT2D eigenvalue weighted by Gasteiger charge is -2.26. The van der Waals surface area contributed by atoms with Crippen LogP contribution in [0.4, 0.5) is 0 Å². The first-order valence-corrected chi connectivity index (χ1v) is 9.60. The Hall–Kier alpha value is -2.65. The number of rotatable bonds is 5. The monoisotopic (exact) mass is 402 g/mol. The van der Waals surface area contributed by atoms with Crippen LogP contribution in [0.3, 0.4) is 0 Å². The van der Waals surface area contributed by atoms with E-state index in [1.165, 1.54) is 17.4 Å². The van der Waals surface area contributed by atoms with Crippen molar-refractivity contribution in [3.05, 3.63) is 46.0 Å². The molecule has 3 aromatic rings. The van der Waals surface area contributed by atoms with Crippen molar-refractivity contribution in [2.24, 2.45) is 0 Å². The molecule has 4 rings (SSSR count). The molecule has 138 valence electrons. The Kier molecular flexibility index (Phi) is 4.95. The van der Waals surface area contributed by atoms with E-state index in [0.29, 0.717) is 20.7 Å². The summed E-state index contributed by atoms with van der Waals surface area (Å²) in [7, 11) is 0. The predicted molar refractivity (Wildman–Crippen MR) is 101 cm³/mol. The van der Waals surface area contributed by atoms with Crippen LogP contribution in [0.2, 0.25) is 5.02 Å². The third-order valence-corrected chi connectivity index (χ3v) is 5.43. The summed E-state index contributed by atoms with van der Waals surface area (Å²) in [5, 5.41) is 17.1. The standard InChI is InChI=1S/C17H15ClN6O2S/c18-11-6-10(7-19-8-11)16-21-22-17(27-16)13-4-5-15(26)24(23-13)9-14(25)20-12-2-1-3-12/h4-8,12H,1-3,9H2,(H,20,25). The third kappa shape index (κ3) is 4.04. The van der Waals surface area contributed by atoms with E-state index in [-0.39, 0.29) is 24.1 Å². The number of nitrogens with zero attached hydrogens (tertiary/aromatic N) is 5. The average molecular weight is 403 g/mol. The van der Waals surface area contributed by atoms with Gasteiger partial charge in [0.05, 0.1) is 5.02 Å². The molecule has 1 saturated carbocycles. The van der Waals surface area contributed by atoms with Crippen molar-refractivity contribution in [1.29, 1.82) is 0 Å². The van der Waals surface area contributed by atoms with Crippen molar-refractivity contribution in [2.45, 2.75) is 31.8 Å². The molecule has 10 heteroatoms. The van der Waals surface area contributed by atoms with Crippen LogP contribution < -0.4 is 10.9 Å². The number of nitrogens with one attached hydrogen (secondary N) is 1. The molecule has 27 heavy (non-hydrogen) atoms. The van der Waals surface area contributed by atoms with Crippen LogP contribution in [0.15, 0.2) is 35.4 Å². The van der Waals surface area contributed by atoms with E-state index in [1.54, 1.807) is 24.5 Å². The Morgan fingerprint density at radius 1 is 1.26 bits per heavy atom. The van der Waals surface area contributed by atoms with Crippen LogP contribution in [0.25, 0.3) is 21.3 Å². The Balaban J connectivity index is 1.55. The van der Waals surface area contributed by atoms with E-state index in [9.17, 15) is 9.59 Å². The first-order valence-electron chi connectivity index (χ1n) is 8.41. The fourth-order valence-corrected chi connectivity index (χ4v) is 3.57. The smallest absolute Gasteiger partial charge is 0.267 e. The molecule has 1 amide bonds. The highest BCUT2D eigenvalue weighted by atomic mass is 35.5. The fraction of sp³-hybridized carbons (Fsp3) is 0.294. The van der Waals surface area contributed by atoms with E-state index in [4.69, 9.17) is 11.6 Å². The maximum absolute atomic E-state index is 12.1. The molecule has 0 unspecified atom stereocenters. The molecule has 0 atom stereocenters. The van der Waals surface area contributed by atoms with Gasteiger partial charge in [0.1, 0.15) is 17.2 Å². The lowest BCUT2D eigenvalue weighted by molar-refractivity contribution is -0.123. The van der Waals surface area contributed by atoms with Crippen LogP contribution in [-0.2, 0) is 11.3 Å². The van der Waals surface area contributed by atoms with Gasteiger partial charge in [-0.05, 0) is 31.4 Å². The summed E-state index contributed by atoms with van der Waals surface area (Å²) < 4.78 is 1.14. The summed E-state index contributed by atoms with van der Waals surface area (Å²) in [5.41, 5.74) is 0.885. The average Bonchev–Trinajstić information content (AvgIpc) is 3.10. The Morgan fingerprint density at radius 3 is 2.81 bits per heavy atom. The first-order chi connectivity index (χ1) is 13.1. The van der Waals surface area contributed by atoms with Crippen LogP contribution >= 0.6 is 22.9 Å². The second-order valence-electron chi connectivity index (χ2n) is 6.21. The molecule has 1 fully saturated rings. The largest absolute Gasteiger partial charge is 0.352 e. The molecular formula is C17H15ClN6O2S. The molecule has 0 bridgehead atoms. The summed E-state index contributed by atoms with van der Waals surface area (Å²) in [6.07, 6.45) is 6.29. The zero-order valence-corrected chi connectivity index (χ0v) is 15.7. The van der Waals surface area contributed by atoms with Gasteiger partial charge in [-0.3, -0.25) is 14.6 Å². The second kappa shape index (κ2) is 7.53. The topological polar surface area (TPSA) is 103 Å². The fourth-order valence-electron chi connectivity index (χ4n) is 2.61. The van der Waals surface area contributed by atoms with E-state index in [1.807, 2.05) is 0 Å². The van der Waals surface area contributed by atoms with Crippen molar-refractivity contribution >= 4 is 28.8 Å². The molecule has 0 spiro atoms. The van der Waals surface area contributed by atoms with E-state index >= 15 is 0 Å². The van der Waals surface area contributed by atoms with Gasteiger partial charge >= 0.3 is 0 Å². The number of carbonyl (C=O) groups is 1. The van der Waals surface area contributed by atoms with E-state index < -0.39 is 0 Å². The maximum atomic E-state index is 12.1. The van der Waals surface area contributed by atoms with E-state index in [0.717, 1.165) is 29.5 Å². The summed E-state index contributed by atoms with van der Waals surface area (Å²) in [4.78, 5) is 28.2. The number of hydrogen-bond acceptors (Lipinski definition) is 7. The lowest BCUT2D eigenvalue weighted by atomic mass is 9.93. The number of pyridine rings is 1. The van der Waals surface area contributed by atoms with Crippen molar-refractivity contribution < 1.29 is 4.79 Å². The van der Waals surface area contributed by atoms with Gasteiger partial charge in [0.25, 0.3) is 5.56 Å². The van der Waals surface area contributed by atoms with Gasteiger partial charge < -0.3 is 5.32 Å². The maximum Gasteiger partial charge on any atom is 0.267 e. The Bertz CT molecular complexity index is 1050. The third-order valence-electron chi connectivity index (χ3n) is 4.23. The molecule has 1 aliphatic carbocycles. The van der Waals surface area contributed by atoms with Crippen molar-refractivity contribution in [1.82, 2.24) is 30.3 Å². The lowest BCUT2D eigenvalue weighted by Crippen LogP contribution is -2.42. The van der Waals surface area contributed by atoms with Gasteiger partial charge in [-0.1, -0.05) is 22.9 Å². The molecule has 0 radical (unpaired) electrons. The summed E-state index contributed by atoms with van der Waals surface area (Å²) >= 11 is 7.27. The number of halogens is 1. The van der Waals surface area contributed by atoms with Gasteiger partial charge in [0.15, 0.2) is 5.01 Å². The number of carbonyl (C=O) groups excluding carboxylic acids is 1. The summed E-state index contributed by atoms with van der Waals surface area (Å²) in [6.45, 7) is -0.118. The number of hydrogen-bond donors (Lipinski definition) is 1. The van der Waals surface area contributed by atoms with Crippen molar-refractivity contribution in [3.63, 3.8) is 0 Å². The quantitative estimate of drug-likeness (QED) is 0.701. The summed E-state index contributed by atoms with van der Waals surface area (Å²) in [5.74, 6) is -0.214.